The first-order valence-electron chi connectivity index (χ1n) is 9.89. The summed E-state index contributed by atoms with van der Waals surface area (Å²) in [6.45, 7) is 7.60. The molecule has 0 bridgehead atoms. The van der Waals surface area contributed by atoms with Crippen LogP contribution in [0.2, 0.25) is 0 Å². The number of hydrogen-bond donors (Lipinski definition) is 4. The molecule has 1 aromatic carbocycles. The number of rotatable bonds is 9. The number of nitrogens with one attached hydrogen (secondary N) is 2. The number of aromatic amines is 1. The van der Waals surface area contributed by atoms with E-state index >= 15 is 0 Å². The van der Waals surface area contributed by atoms with E-state index in [1.807, 2.05) is 32.0 Å². The minimum absolute atomic E-state index is 0.301. The van der Waals surface area contributed by atoms with E-state index in [1.54, 1.807) is 21.1 Å². The standard InChI is InChI=1S/C20H28N2O4.C2H2O4/c1-6-26-20(23)19-13(2)16(14(3)22-19)12-21-10-9-15-7-8-17(24-4)18(11-15)25-5;3-1(4)2(5)6/h7-8,11,21-22H,6,9-10,12H2,1-5H3;(H,3,4)(H,5,6). The second-order valence-electron chi connectivity index (χ2n) is 6.68. The van der Waals surface area contributed by atoms with Crippen LogP contribution in [0.15, 0.2) is 18.2 Å². The fourth-order valence-corrected chi connectivity index (χ4v) is 2.94. The number of aryl methyl sites for hydroxylation is 1. The Hall–Kier alpha value is -3.53. The molecule has 2 aromatic rings. The molecule has 10 nitrogen and oxygen atoms in total. The first-order valence-corrected chi connectivity index (χ1v) is 9.89. The molecular weight excluding hydrogens is 420 g/mol. The number of carbonyl (C=O) groups excluding carboxylic acids is 1. The van der Waals surface area contributed by atoms with E-state index in [4.69, 9.17) is 34.0 Å². The van der Waals surface area contributed by atoms with Gasteiger partial charge in [0.1, 0.15) is 5.69 Å². The highest BCUT2D eigenvalue weighted by Gasteiger charge is 2.17. The van der Waals surface area contributed by atoms with E-state index in [2.05, 4.69) is 10.3 Å². The van der Waals surface area contributed by atoms with E-state index in [0.29, 0.717) is 18.8 Å². The van der Waals surface area contributed by atoms with Crippen LogP contribution >= 0.6 is 0 Å². The SMILES string of the molecule is CCOC(=O)c1[nH]c(C)c(CNCCc2ccc(OC)c(OC)c2)c1C.O=C(O)C(=O)O. The molecule has 0 aliphatic rings. The van der Waals surface area contributed by atoms with Gasteiger partial charge in [0.25, 0.3) is 0 Å². The summed E-state index contributed by atoms with van der Waals surface area (Å²) in [6.07, 6.45) is 0.869. The topological polar surface area (TPSA) is 147 Å². The predicted molar refractivity (Wildman–Crippen MR) is 116 cm³/mol. The second kappa shape index (κ2) is 13.0. The molecule has 1 heterocycles. The van der Waals surface area contributed by atoms with Crippen LogP contribution < -0.4 is 14.8 Å². The molecule has 0 unspecified atom stereocenters. The van der Waals surface area contributed by atoms with Crippen LogP contribution in [0.25, 0.3) is 0 Å². The highest BCUT2D eigenvalue weighted by Crippen LogP contribution is 2.27. The van der Waals surface area contributed by atoms with Crippen molar-refractivity contribution in [2.45, 2.75) is 33.7 Å². The monoisotopic (exact) mass is 450 g/mol. The molecule has 1 aromatic heterocycles. The van der Waals surface area contributed by atoms with Crippen molar-refractivity contribution in [2.24, 2.45) is 0 Å². The van der Waals surface area contributed by atoms with Crippen LogP contribution in [0.4, 0.5) is 0 Å². The van der Waals surface area contributed by atoms with Crippen molar-refractivity contribution in [1.82, 2.24) is 10.3 Å². The zero-order valence-corrected chi connectivity index (χ0v) is 18.9. The van der Waals surface area contributed by atoms with Gasteiger partial charge in [0, 0.05) is 12.2 Å². The van der Waals surface area contributed by atoms with Crippen molar-refractivity contribution in [3.05, 3.63) is 46.3 Å². The van der Waals surface area contributed by atoms with Gasteiger partial charge in [0.05, 0.1) is 20.8 Å². The maximum atomic E-state index is 12.0. The van der Waals surface area contributed by atoms with Crippen molar-refractivity contribution in [2.75, 3.05) is 27.4 Å². The van der Waals surface area contributed by atoms with Gasteiger partial charge in [-0.25, -0.2) is 14.4 Å². The maximum absolute atomic E-state index is 12.0. The average Bonchev–Trinajstić information content (AvgIpc) is 3.05. The lowest BCUT2D eigenvalue weighted by molar-refractivity contribution is -0.159. The van der Waals surface area contributed by atoms with E-state index < -0.39 is 11.9 Å². The van der Waals surface area contributed by atoms with E-state index in [0.717, 1.165) is 41.3 Å². The van der Waals surface area contributed by atoms with Gasteiger partial charge in [-0.15, -0.1) is 0 Å². The molecule has 0 radical (unpaired) electrons. The van der Waals surface area contributed by atoms with Gasteiger partial charge >= 0.3 is 17.9 Å². The number of hydrogen-bond acceptors (Lipinski definition) is 7. The normalized spacial score (nSPS) is 10.0. The molecule has 2 rings (SSSR count). The van der Waals surface area contributed by atoms with Crippen LogP contribution in [-0.4, -0.2) is 60.5 Å². The van der Waals surface area contributed by atoms with Crippen LogP contribution in [0, 0.1) is 13.8 Å². The molecule has 10 heteroatoms. The Bertz CT molecular complexity index is 924. The zero-order valence-electron chi connectivity index (χ0n) is 18.9. The number of H-pyrrole nitrogens is 1. The summed E-state index contributed by atoms with van der Waals surface area (Å²) >= 11 is 0. The van der Waals surface area contributed by atoms with Crippen LogP contribution in [0.3, 0.4) is 0 Å². The maximum Gasteiger partial charge on any atom is 0.414 e. The molecule has 4 N–H and O–H groups in total. The quantitative estimate of drug-likeness (QED) is 0.257. The van der Waals surface area contributed by atoms with Crippen molar-refractivity contribution in [3.63, 3.8) is 0 Å². The highest BCUT2D eigenvalue weighted by atomic mass is 16.5. The largest absolute Gasteiger partial charge is 0.493 e. The molecule has 0 amide bonds. The molecular formula is C22H30N2O8. The van der Waals surface area contributed by atoms with Gasteiger partial charge in [0.15, 0.2) is 11.5 Å². The minimum Gasteiger partial charge on any atom is -0.493 e. The van der Waals surface area contributed by atoms with E-state index in [9.17, 15) is 4.79 Å². The Morgan fingerprint density at radius 3 is 2.19 bits per heavy atom. The number of carboxylic acid groups (broad SMARTS) is 2. The van der Waals surface area contributed by atoms with Crippen LogP contribution in [0.1, 0.15) is 39.8 Å². The van der Waals surface area contributed by atoms with Crippen molar-refractivity contribution >= 4 is 17.9 Å². The van der Waals surface area contributed by atoms with Gasteiger partial charge in [-0.1, -0.05) is 6.07 Å². The Morgan fingerprint density at radius 1 is 1.03 bits per heavy atom. The number of esters is 1. The molecule has 0 saturated carbocycles. The summed E-state index contributed by atoms with van der Waals surface area (Å²) in [4.78, 5) is 33.3. The van der Waals surface area contributed by atoms with E-state index in [1.165, 1.54) is 5.56 Å². The summed E-state index contributed by atoms with van der Waals surface area (Å²) < 4.78 is 15.7. The highest BCUT2D eigenvalue weighted by molar-refractivity contribution is 6.27. The lowest BCUT2D eigenvalue weighted by Gasteiger charge is -2.10. The van der Waals surface area contributed by atoms with Crippen molar-refractivity contribution in [1.29, 1.82) is 0 Å². The van der Waals surface area contributed by atoms with Crippen molar-refractivity contribution in [3.8, 4) is 11.5 Å². The summed E-state index contributed by atoms with van der Waals surface area (Å²) in [6, 6.07) is 5.95. The lowest BCUT2D eigenvalue weighted by Crippen LogP contribution is -2.17. The molecule has 32 heavy (non-hydrogen) atoms. The van der Waals surface area contributed by atoms with Gasteiger partial charge in [0.2, 0.25) is 0 Å². The number of ether oxygens (including phenoxy) is 3. The second-order valence-corrected chi connectivity index (χ2v) is 6.68. The molecule has 0 aliphatic heterocycles. The first kappa shape index (κ1) is 26.5. The third-order valence-electron chi connectivity index (χ3n) is 4.60. The third-order valence-corrected chi connectivity index (χ3v) is 4.60. The van der Waals surface area contributed by atoms with Gasteiger partial charge in [-0.2, -0.15) is 0 Å². The van der Waals surface area contributed by atoms with Gasteiger partial charge in [-0.3, -0.25) is 0 Å². The predicted octanol–water partition coefficient (Wildman–Crippen LogP) is 2.31. The molecule has 0 saturated heterocycles. The summed E-state index contributed by atoms with van der Waals surface area (Å²) in [5.41, 5.74) is 4.76. The van der Waals surface area contributed by atoms with Gasteiger partial charge in [-0.05, 0) is 62.6 Å². The number of aliphatic carboxylic acids is 2. The molecule has 176 valence electrons. The number of benzene rings is 1. The van der Waals surface area contributed by atoms with Crippen LogP contribution in [0.5, 0.6) is 11.5 Å². The summed E-state index contributed by atoms with van der Waals surface area (Å²) in [7, 11) is 3.27. The number of aromatic nitrogens is 1. The lowest BCUT2D eigenvalue weighted by atomic mass is 10.1. The third kappa shape index (κ3) is 7.62. The Morgan fingerprint density at radius 2 is 1.66 bits per heavy atom. The van der Waals surface area contributed by atoms with Crippen molar-refractivity contribution < 1.29 is 38.8 Å². The number of carbonyl (C=O) groups is 3. The number of methoxy groups -OCH3 is 2. The van der Waals surface area contributed by atoms with Crippen LogP contribution in [-0.2, 0) is 27.3 Å². The molecule has 0 spiro atoms. The first-order chi connectivity index (χ1) is 15.2. The Balaban J connectivity index is 0.000000751. The Labute approximate surface area is 186 Å². The Kier molecular flexibility index (Phi) is 10.8. The fourth-order valence-electron chi connectivity index (χ4n) is 2.94. The number of carboxylic acids is 2. The summed E-state index contributed by atoms with van der Waals surface area (Å²) in [5.74, 6) is -2.48. The van der Waals surface area contributed by atoms with E-state index in [-0.39, 0.29) is 5.97 Å². The average molecular weight is 450 g/mol. The molecule has 0 aliphatic carbocycles. The summed E-state index contributed by atoms with van der Waals surface area (Å²) in [5, 5.41) is 18.2. The molecule has 0 fully saturated rings. The fraction of sp³-hybridized carbons (Fsp3) is 0.409. The minimum atomic E-state index is -1.82. The zero-order chi connectivity index (χ0) is 24.3. The molecule has 0 atom stereocenters. The smallest absolute Gasteiger partial charge is 0.414 e. The van der Waals surface area contributed by atoms with Gasteiger partial charge < -0.3 is 34.7 Å².